The van der Waals surface area contributed by atoms with Crippen molar-refractivity contribution in [1.82, 2.24) is 49.3 Å². The maximum atomic E-state index is 17.8. The first-order valence-corrected chi connectivity index (χ1v) is 35.2. The number of aryl methyl sites for hydroxylation is 4. The molecule has 0 spiro atoms. The number of hydrogen-bond donors (Lipinski definition) is 4. The number of anilines is 4. The minimum atomic E-state index is -1.44. The van der Waals surface area contributed by atoms with Gasteiger partial charge in [0, 0.05) is 78.8 Å². The van der Waals surface area contributed by atoms with Crippen molar-refractivity contribution in [2.45, 2.75) is 158 Å². The van der Waals surface area contributed by atoms with Crippen molar-refractivity contribution in [3.63, 3.8) is 0 Å². The van der Waals surface area contributed by atoms with Gasteiger partial charge < -0.3 is 48.9 Å². The number of carbonyl (C=O) groups is 4. The van der Waals surface area contributed by atoms with Crippen molar-refractivity contribution >= 4 is 115 Å². The molecule has 0 unspecified atom stereocenters. The molecular weight excluding hydrogens is 1390 g/mol. The van der Waals surface area contributed by atoms with E-state index in [1.807, 2.05) is 60.6 Å². The molecule has 6 aromatic heterocycles. The predicted molar refractivity (Wildman–Crippen MR) is 402 cm³/mol. The van der Waals surface area contributed by atoms with Crippen molar-refractivity contribution in [2.75, 3.05) is 59.9 Å². The van der Waals surface area contributed by atoms with Crippen molar-refractivity contribution in [3.8, 4) is 22.5 Å². The zero-order chi connectivity index (χ0) is 77.3. The van der Waals surface area contributed by atoms with Crippen molar-refractivity contribution in [1.29, 1.82) is 0 Å². The third kappa shape index (κ3) is 12.9. The molecule has 4 aliphatic heterocycles. The summed E-state index contributed by atoms with van der Waals surface area (Å²) in [7, 11) is 1.49. The lowest BCUT2D eigenvalue weighted by molar-refractivity contribution is -0.121. The maximum Gasteiger partial charge on any atom is 0.489 e. The molecule has 2 saturated heterocycles. The van der Waals surface area contributed by atoms with Gasteiger partial charge in [-0.2, -0.15) is 10.2 Å². The molecule has 4 atom stereocenters. The standard InChI is InChI=1S/C38H41F2N7O4.C30H34ClF2N5O4.C8H9BN2O2/c1-18(2)30-31(20(4)12-13-41-30)47-32-22(14-24(39)28(29(32)40)27-19(3)10-11-25-23(27)15-42-43-25)33-34(36(47)49)44(9)35(48)26-17-45(21(5)16-46(26)33)37(50)51-38(6,7)8;1-14(2)22-23(15(3)9-10-34-22)38-24-17(11-18(32)20(31)21(24)33)25-26(28(38)40)35(8)27(39)19-13-36(16(4)12-37(19)25)29(41)42-30(5,6)7;1-5-2-3-7-6(4-10-11-7)8(5)9(12)13/h10-15,18,21,26H,16-17H2,1-9H3,(H,42,43);9-11,14,16,19H,12-13H2,1-8H3;2-4,12-13H,1H3,(H,10,11)/t21-,26-;16-,19-;/m11./s1. The number of pyridine rings is 4. The minimum Gasteiger partial charge on any atom is -0.444 e. The fourth-order valence-corrected chi connectivity index (χ4v) is 15.1. The fourth-order valence-electron chi connectivity index (χ4n) is 14.9. The highest BCUT2D eigenvalue weighted by Gasteiger charge is 2.50. The number of hydrogen-bond acceptors (Lipinski definition) is 16. The Hall–Kier alpha value is -10.4. The van der Waals surface area contributed by atoms with E-state index < -0.39 is 106 Å². The Morgan fingerprint density at radius 3 is 1.41 bits per heavy atom. The molecule has 30 heteroatoms. The second kappa shape index (κ2) is 27.8. The maximum absolute atomic E-state index is 17.8. The molecular formula is C76H84BClF4N14O10. The van der Waals surface area contributed by atoms with E-state index in [1.54, 1.807) is 115 Å². The minimum absolute atomic E-state index is 0.0145. The number of carbonyl (C=O) groups excluding carboxylic acids is 4. The first-order chi connectivity index (χ1) is 49.8. The summed E-state index contributed by atoms with van der Waals surface area (Å²) in [6, 6.07) is 10.3. The van der Waals surface area contributed by atoms with Gasteiger partial charge in [0.05, 0.1) is 87.3 Å². The van der Waals surface area contributed by atoms with Gasteiger partial charge in [-0.25, -0.2) is 27.2 Å². The smallest absolute Gasteiger partial charge is 0.444 e. The number of ether oxygens (including phenoxy) is 2. The second-order valence-corrected chi connectivity index (χ2v) is 30.6. The number of piperazine rings is 2. The number of benzene rings is 4. The van der Waals surface area contributed by atoms with Crippen LogP contribution in [0.4, 0.5) is 49.9 Å². The molecule has 24 nitrogen and oxygen atoms in total. The van der Waals surface area contributed by atoms with Gasteiger partial charge in [-0.3, -0.25) is 48.5 Å². The Morgan fingerprint density at radius 2 is 0.972 bits per heavy atom. The van der Waals surface area contributed by atoms with Crippen molar-refractivity contribution < 1.29 is 56.3 Å². The number of halogens is 5. The summed E-state index contributed by atoms with van der Waals surface area (Å²) in [5.74, 6) is -5.07. The number of amides is 4. The monoisotopic (exact) mass is 1470 g/mol. The fraction of sp³-hybridized carbons (Fsp3) is 0.395. The molecule has 4 aliphatic rings. The number of likely N-dealkylation sites (N-methyl/N-ethyl adjacent to an activating group) is 2. The topological polar surface area (TPSA) is 274 Å². The molecule has 10 aromatic rings. The zero-order valence-electron chi connectivity index (χ0n) is 62.2. The summed E-state index contributed by atoms with van der Waals surface area (Å²) in [4.78, 5) is 102. The second-order valence-electron chi connectivity index (χ2n) is 30.2. The molecule has 0 radical (unpaired) electrons. The van der Waals surface area contributed by atoms with E-state index in [0.717, 1.165) is 27.1 Å². The van der Waals surface area contributed by atoms with E-state index >= 15 is 22.4 Å². The van der Waals surface area contributed by atoms with Crippen LogP contribution in [0.25, 0.3) is 66.1 Å². The number of fused-ring (bicyclic) bond motifs is 12. The Kier molecular flexibility index (Phi) is 19.8. The van der Waals surface area contributed by atoms with Gasteiger partial charge in [0.2, 0.25) is 0 Å². The summed E-state index contributed by atoms with van der Waals surface area (Å²) in [6.07, 6.45) is 5.21. The molecule has 0 saturated carbocycles. The molecule has 4 N–H and O–H groups in total. The summed E-state index contributed by atoms with van der Waals surface area (Å²) >= 11 is 6.10. The van der Waals surface area contributed by atoms with Gasteiger partial charge in [0.25, 0.3) is 22.9 Å². The van der Waals surface area contributed by atoms with Gasteiger partial charge in [-0.1, -0.05) is 57.0 Å². The molecule has 2 fully saturated rings. The molecule has 0 bridgehead atoms. The molecule has 4 amide bonds. The zero-order valence-corrected chi connectivity index (χ0v) is 63.0. The average molecular weight is 1480 g/mol. The van der Waals surface area contributed by atoms with Gasteiger partial charge in [-0.05, 0) is 153 Å². The van der Waals surface area contributed by atoms with Gasteiger partial charge in [0.15, 0.2) is 11.6 Å². The van der Waals surface area contributed by atoms with Gasteiger partial charge >= 0.3 is 19.3 Å². The number of aromatic nitrogens is 8. The van der Waals surface area contributed by atoms with Crippen LogP contribution in [0.15, 0.2) is 82.9 Å². The van der Waals surface area contributed by atoms with Crippen LogP contribution in [0.1, 0.15) is 129 Å². The first-order valence-electron chi connectivity index (χ1n) is 34.8. The number of nitrogens with zero attached hydrogens (tertiary/aromatic N) is 12. The van der Waals surface area contributed by atoms with Crippen LogP contribution in [0.5, 0.6) is 0 Å². The lowest BCUT2D eigenvalue weighted by Crippen LogP contribution is -2.66. The average Bonchev–Trinajstić information content (AvgIpc) is 0.774. The molecule has 4 aromatic carbocycles. The van der Waals surface area contributed by atoms with Gasteiger partial charge in [0.1, 0.15) is 51.3 Å². The Bertz CT molecular complexity index is 5420. The molecule has 10 heterocycles. The lowest BCUT2D eigenvalue weighted by Gasteiger charge is -2.50. The normalized spacial score (nSPS) is 17.4. The molecule has 556 valence electrons. The van der Waals surface area contributed by atoms with E-state index in [4.69, 9.17) is 31.1 Å². The Labute approximate surface area is 613 Å². The number of H-pyrrole nitrogens is 2. The van der Waals surface area contributed by atoms with Crippen LogP contribution in [0.3, 0.4) is 0 Å². The van der Waals surface area contributed by atoms with E-state index in [2.05, 4.69) is 30.4 Å². The van der Waals surface area contributed by atoms with Crippen LogP contribution in [0, 0.1) is 51.0 Å². The summed E-state index contributed by atoms with van der Waals surface area (Å²) < 4.78 is 79.5. The predicted octanol–water partition coefficient (Wildman–Crippen LogP) is 11.8. The molecule has 106 heavy (non-hydrogen) atoms. The van der Waals surface area contributed by atoms with Crippen LogP contribution in [-0.2, 0) is 19.1 Å². The lowest BCUT2D eigenvalue weighted by atomic mass is 9.75. The largest absolute Gasteiger partial charge is 0.489 e. The van der Waals surface area contributed by atoms with Gasteiger partial charge in [-0.15, -0.1) is 0 Å². The van der Waals surface area contributed by atoms with Crippen LogP contribution >= 0.6 is 11.6 Å². The highest BCUT2D eigenvalue weighted by molar-refractivity contribution is 6.62. The number of rotatable bonds is 6. The number of aromatic amines is 2. The Morgan fingerprint density at radius 1 is 0.557 bits per heavy atom. The summed E-state index contributed by atoms with van der Waals surface area (Å²) in [5, 5.41) is 32.6. The highest BCUT2D eigenvalue weighted by atomic mass is 35.5. The molecule has 14 rings (SSSR count). The quantitative estimate of drug-likeness (QED) is 0.0684. The van der Waals surface area contributed by atoms with Crippen molar-refractivity contribution in [3.05, 3.63) is 156 Å². The van der Waals surface area contributed by atoms with E-state index in [-0.39, 0.29) is 88.1 Å². The third-order valence-electron chi connectivity index (χ3n) is 19.8. The van der Waals surface area contributed by atoms with Crippen LogP contribution < -0.4 is 36.2 Å². The Balaban J connectivity index is 0.000000172. The van der Waals surface area contributed by atoms with E-state index in [0.29, 0.717) is 61.4 Å². The van der Waals surface area contributed by atoms with Crippen LogP contribution in [-0.4, -0.2) is 166 Å². The van der Waals surface area contributed by atoms with E-state index in [1.165, 1.54) is 50.5 Å². The molecule has 0 aliphatic carbocycles. The first kappa shape index (κ1) is 75.3. The highest BCUT2D eigenvalue weighted by Crippen LogP contribution is 2.48. The summed E-state index contributed by atoms with van der Waals surface area (Å²) in [5.41, 5.74) is 3.68. The van der Waals surface area contributed by atoms with Crippen molar-refractivity contribution in [2.24, 2.45) is 0 Å². The summed E-state index contributed by atoms with van der Waals surface area (Å²) in [6.45, 7) is 29.1. The van der Waals surface area contributed by atoms with E-state index in [9.17, 15) is 24.0 Å². The van der Waals surface area contributed by atoms with Crippen LogP contribution in [0.2, 0.25) is 5.02 Å². The number of nitrogens with one attached hydrogen (secondary N) is 2. The third-order valence-corrected chi connectivity index (χ3v) is 20.2. The SMILES string of the molecule is Cc1ccc2[nH]ncc2c1B(O)O.Cc1ccnc(C(C)C)c1-n1c(=O)c2c(c3cc(F)c(-c4c(C)ccc5[nH]ncc45)c(F)c31)N1C[C@@H](C)N(C(=O)OC(C)(C)C)C[C@@H]1C(=O)N2C.Cc1ccnc(C(C)C)c1-n1c(=O)c2c(c3cc(F)c(Cl)c(F)c31)N1C[C@@H](C)N(C(=O)OC(C)(C)C)C[C@@H]1C(=O)N2C.